The van der Waals surface area contributed by atoms with Crippen LogP contribution in [0.5, 0.6) is 0 Å². The summed E-state index contributed by atoms with van der Waals surface area (Å²) in [6.07, 6.45) is 0.153. The predicted octanol–water partition coefficient (Wildman–Crippen LogP) is 2.70. The van der Waals surface area contributed by atoms with Crippen LogP contribution in [-0.2, 0) is 4.74 Å². The van der Waals surface area contributed by atoms with Crippen LogP contribution in [0.4, 0.5) is 0 Å². The van der Waals surface area contributed by atoms with Crippen molar-refractivity contribution in [3.8, 4) is 0 Å². The van der Waals surface area contributed by atoms with Crippen LogP contribution in [0.3, 0.4) is 0 Å². The Kier molecular flexibility index (Phi) is 4.19. The van der Waals surface area contributed by atoms with Crippen molar-refractivity contribution in [3.63, 3.8) is 0 Å². The molecule has 0 saturated carbocycles. The SMILES string of the molecule is CNC(c1ccc(Cl)s1)C(C)OC. The van der Waals surface area contributed by atoms with Gasteiger partial charge in [0.25, 0.3) is 0 Å². The molecule has 1 aromatic rings. The van der Waals surface area contributed by atoms with Crippen LogP contribution in [0.1, 0.15) is 17.8 Å². The molecule has 0 bridgehead atoms. The van der Waals surface area contributed by atoms with Gasteiger partial charge in [-0.2, -0.15) is 0 Å². The molecule has 2 nitrogen and oxygen atoms in total. The summed E-state index contributed by atoms with van der Waals surface area (Å²) >= 11 is 7.45. The smallest absolute Gasteiger partial charge is 0.0931 e. The monoisotopic (exact) mass is 219 g/mol. The van der Waals surface area contributed by atoms with Crippen molar-refractivity contribution in [3.05, 3.63) is 21.3 Å². The van der Waals surface area contributed by atoms with Gasteiger partial charge < -0.3 is 10.1 Å². The van der Waals surface area contributed by atoms with E-state index < -0.39 is 0 Å². The molecule has 0 amide bonds. The second-order valence-corrected chi connectivity index (χ2v) is 4.60. The lowest BCUT2D eigenvalue weighted by molar-refractivity contribution is 0.0868. The Balaban J connectivity index is 2.77. The number of rotatable bonds is 4. The van der Waals surface area contributed by atoms with E-state index in [1.807, 2.05) is 26.1 Å². The van der Waals surface area contributed by atoms with E-state index in [-0.39, 0.29) is 12.1 Å². The molecule has 13 heavy (non-hydrogen) atoms. The minimum Gasteiger partial charge on any atom is -0.380 e. The number of nitrogens with one attached hydrogen (secondary N) is 1. The zero-order valence-electron chi connectivity index (χ0n) is 8.00. The summed E-state index contributed by atoms with van der Waals surface area (Å²) in [7, 11) is 3.64. The summed E-state index contributed by atoms with van der Waals surface area (Å²) < 4.78 is 6.09. The molecule has 1 rings (SSSR count). The van der Waals surface area contributed by atoms with Gasteiger partial charge >= 0.3 is 0 Å². The highest BCUT2D eigenvalue weighted by Crippen LogP contribution is 2.29. The Hall–Kier alpha value is -0.0900. The van der Waals surface area contributed by atoms with Crippen LogP contribution in [0.25, 0.3) is 0 Å². The van der Waals surface area contributed by atoms with Crippen molar-refractivity contribution in [2.75, 3.05) is 14.2 Å². The van der Waals surface area contributed by atoms with Crippen LogP contribution < -0.4 is 5.32 Å². The van der Waals surface area contributed by atoms with Crippen molar-refractivity contribution < 1.29 is 4.74 Å². The fourth-order valence-electron chi connectivity index (χ4n) is 1.24. The molecular weight excluding hydrogens is 206 g/mol. The number of likely N-dealkylation sites (N-methyl/N-ethyl adjacent to an activating group) is 1. The maximum absolute atomic E-state index is 5.86. The first-order valence-electron chi connectivity index (χ1n) is 4.14. The molecule has 0 aliphatic rings. The lowest BCUT2D eigenvalue weighted by Gasteiger charge is -2.20. The standard InChI is InChI=1S/C9H14ClNOS/c1-6(12-3)9(11-2)7-4-5-8(10)13-7/h4-6,9,11H,1-3H3. The van der Waals surface area contributed by atoms with Gasteiger partial charge in [-0.25, -0.2) is 0 Å². The molecule has 2 unspecified atom stereocenters. The van der Waals surface area contributed by atoms with Crippen LogP contribution in [0, 0.1) is 0 Å². The van der Waals surface area contributed by atoms with Crippen molar-refractivity contribution in [1.29, 1.82) is 0 Å². The van der Waals surface area contributed by atoms with E-state index >= 15 is 0 Å². The first-order valence-corrected chi connectivity index (χ1v) is 5.33. The molecule has 0 saturated heterocycles. The predicted molar refractivity (Wildman–Crippen MR) is 57.6 cm³/mol. The Morgan fingerprint density at radius 1 is 1.54 bits per heavy atom. The van der Waals surface area contributed by atoms with Gasteiger partial charge in [0.15, 0.2) is 0 Å². The number of hydrogen-bond donors (Lipinski definition) is 1. The molecule has 0 spiro atoms. The average molecular weight is 220 g/mol. The van der Waals surface area contributed by atoms with Crippen molar-refractivity contribution in [1.82, 2.24) is 5.32 Å². The number of halogens is 1. The van der Waals surface area contributed by atoms with Crippen LogP contribution in [0.15, 0.2) is 12.1 Å². The highest BCUT2D eigenvalue weighted by Gasteiger charge is 2.18. The zero-order valence-corrected chi connectivity index (χ0v) is 9.58. The Morgan fingerprint density at radius 2 is 2.23 bits per heavy atom. The molecule has 1 N–H and O–H groups in total. The summed E-state index contributed by atoms with van der Waals surface area (Å²) in [5.74, 6) is 0. The topological polar surface area (TPSA) is 21.3 Å². The molecule has 74 valence electrons. The fraction of sp³-hybridized carbons (Fsp3) is 0.556. The summed E-state index contributed by atoms with van der Waals surface area (Å²) in [6.45, 7) is 2.04. The van der Waals surface area contributed by atoms with E-state index in [1.54, 1.807) is 18.4 Å². The van der Waals surface area contributed by atoms with Gasteiger partial charge in [-0.05, 0) is 26.1 Å². The highest BCUT2D eigenvalue weighted by molar-refractivity contribution is 7.16. The first-order chi connectivity index (χ1) is 6.19. The van der Waals surface area contributed by atoms with Gasteiger partial charge in [0.1, 0.15) is 0 Å². The second-order valence-electron chi connectivity index (χ2n) is 2.85. The van der Waals surface area contributed by atoms with Crippen LogP contribution in [-0.4, -0.2) is 20.3 Å². The Bertz CT molecular complexity index is 264. The summed E-state index contributed by atoms with van der Waals surface area (Å²) in [5, 5.41) is 3.21. The molecule has 0 aromatic carbocycles. The van der Waals surface area contributed by atoms with Gasteiger partial charge in [0.2, 0.25) is 0 Å². The minimum atomic E-state index is 0.153. The first kappa shape index (κ1) is 11.0. The normalized spacial score (nSPS) is 15.7. The summed E-state index contributed by atoms with van der Waals surface area (Å²) in [4.78, 5) is 1.21. The van der Waals surface area contributed by atoms with Gasteiger partial charge in [-0.3, -0.25) is 0 Å². The quantitative estimate of drug-likeness (QED) is 0.841. The highest BCUT2D eigenvalue weighted by atomic mass is 35.5. The number of hydrogen-bond acceptors (Lipinski definition) is 3. The molecule has 0 aliphatic carbocycles. The molecule has 1 heterocycles. The summed E-state index contributed by atoms with van der Waals surface area (Å²) in [6, 6.07) is 4.17. The number of methoxy groups -OCH3 is 1. The van der Waals surface area contributed by atoms with E-state index in [9.17, 15) is 0 Å². The maximum atomic E-state index is 5.86. The van der Waals surface area contributed by atoms with Crippen LogP contribution >= 0.6 is 22.9 Å². The van der Waals surface area contributed by atoms with E-state index in [2.05, 4.69) is 5.32 Å². The third-order valence-electron chi connectivity index (χ3n) is 2.05. The van der Waals surface area contributed by atoms with E-state index in [0.29, 0.717) is 0 Å². The number of ether oxygens (including phenoxy) is 1. The van der Waals surface area contributed by atoms with Gasteiger partial charge in [0, 0.05) is 12.0 Å². The molecule has 0 aliphatic heterocycles. The Morgan fingerprint density at radius 3 is 2.62 bits per heavy atom. The van der Waals surface area contributed by atoms with Crippen molar-refractivity contribution >= 4 is 22.9 Å². The maximum Gasteiger partial charge on any atom is 0.0931 e. The number of thiophene rings is 1. The molecular formula is C9H14ClNOS. The third kappa shape index (κ3) is 2.68. The van der Waals surface area contributed by atoms with Crippen LogP contribution in [0.2, 0.25) is 4.34 Å². The van der Waals surface area contributed by atoms with Gasteiger partial charge in [0.05, 0.1) is 16.5 Å². The molecule has 4 heteroatoms. The average Bonchev–Trinajstić information content (AvgIpc) is 2.53. The lowest BCUT2D eigenvalue weighted by Crippen LogP contribution is -2.27. The van der Waals surface area contributed by atoms with Crippen molar-refractivity contribution in [2.24, 2.45) is 0 Å². The van der Waals surface area contributed by atoms with E-state index in [0.717, 1.165) is 4.34 Å². The fourth-order valence-corrected chi connectivity index (χ4v) is 2.50. The molecule has 2 atom stereocenters. The molecule has 0 radical (unpaired) electrons. The van der Waals surface area contributed by atoms with Gasteiger partial charge in [-0.1, -0.05) is 11.6 Å². The van der Waals surface area contributed by atoms with Crippen molar-refractivity contribution in [2.45, 2.75) is 19.1 Å². The van der Waals surface area contributed by atoms with E-state index in [1.165, 1.54) is 4.88 Å². The zero-order chi connectivity index (χ0) is 9.84. The minimum absolute atomic E-state index is 0.153. The molecule has 0 fully saturated rings. The van der Waals surface area contributed by atoms with E-state index in [4.69, 9.17) is 16.3 Å². The lowest BCUT2D eigenvalue weighted by atomic mass is 10.1. The molecule has 1 aromatic heterocycles. The largest absolute Gasteiger partial charge is 0.380 e. The third-order valence-corrected chi connectivity index (χ3v) is 3.37. The summed E-state index contributed by atoms with van der Waals surface area (Å²) in [5.41, 5.74) is 0. The van der Waals surface area contributed by atoms with Gasteiger partial charge in [-0.15, -0.1) is 11.3 Å². The Labute approximate surface area is 87.9 Å². The second kappa shape index (κ2) is 4.96.